The fourth-order valence-corrected chi connectivity index (χ4v) is 3.42. The molecule has 0 radical (unpaired) electrons. The number of hydrogen-bond acceptors (Lipinski definition) is 6. The predicted octanol–water partition coefficient (Wildman–Crippen LogP) is 4.82. The largest absolute Gasteiger partial charge is 0.481 e. The zero-order valence-electron chi connectivity index (χ0n) is 18.0. The summed E-state index contributed by atoms with van der Waals surface area (Å²) in [5.41, 5.74) is 3.73. The highest BCUT2D eigenvalue weighted by atomic mass is 16.5. The van der Waals surface area contributed by atoms with Crippen LogP contribution in [0.15, 0.2) is 30.6 Å². The first kappa shape index (κ1) is 22.5. The third kappa shape index (κ3) is 6.07. The standard InChI is InChI=1S/C22H32N4O3/c1-6-16(12-21(27)28)17-9-10-20(26(7-2)15(4)5)19(11-17)25-18-13-23-22(24-14-18)29-8-3/h9-11,13-16,25H,6-8,12H2,1-5H3,(H,27,28). The number of benzene rings is 1. The number of anilines is 3. The highest BCUT2D eigenvalue weighted by Gasteiger charge is 2.18. The van der Waals surface area contributed by atoms with Crippen LogP contribution >= 0.6 is 0 Å². The van der Waals surface area contributed by atoms with E-state index in [2.05, 4.69) is 47.0 Å². The number of hydrogen-bond donors (Lipinski definition) is 2. The SMILES string of the molecule is CCOc1ncc(Nc2cc(C(CC)CC(=O)O)ccc2N(CC)C(C)C)cn1. The van der Waals surface area contributed by atoms with Crippen molar-refractivity contribution < 1.29 is 14.6 Å². The van der Waals surface area contributed by atoms with E-state index in [1.54, 1.807) is 12.4 Å². The van der Waals surface area contributed by atoms with Gasteiger partial charge in [-0.1, -0.05) is 13.0 Å². The monoisotopic (exact) mass is 400 g/mol. The van der Waals surface area contributed by atoms with Gasteiger partial charge in [-0.3, -0.25) is 4.79 Å². The molecule has 2 aromatic rings. The minimum Gasteiger partial charge on any atom is -0.481 e. The van der Waals surface area contributed by atoms with E-state index in [1.165, 1.54) is 0 Å². The number of carboxylic acids is 1. The Morgan fingerprint density at radius 1 is 1.21 bits per heavy atom. The number of nitrogens with one attached hydrogen (secondary N) is 1. The molecule has 7 nitrogen and oxygen atoms in total. The number of ether oxygens (including phenoxy) is 1. The maximum atomic E-state index is 11.3. The first-order valence-electron chi connectivity index (χ1n) is 10.2. The molecular weight excluding hydrogens is 368 g/mol. The molecular formula is C22H32N4O3. The van der Waals surface area contributed by atoms with Crippen molar-refractivity contribution in [1.82, 2.24) is 9.97 Å². The molecule has 7 heteroatoms. The lowest BCUT2D eigenvalue weighted by Crippen LogP contribution is -2.31. The minimum atomic E-state index is -0.785. The van der Waals surface area contributed by atoms with E-state index >= 15 is 0 Å². The van der Waals surface area contributed by atoms with Crippen LogP contribution < -0.4 is 15.0 Å². The van der Waals surface area contributed by atoms with Crippen molar-refractivity contribution in [2.24, 2.45) is 0 Å². The van der Waals surface area contributed by atoms with Crippen LogP contribution in [-0.2, 0) is 4.79 Å². The molecule has 1 unspecified atom stereocenters. The second-order valence-corrected chi connectivity index (χ2v) is 7.17. The summed E-state index contributed by atoms with van der Waals surface area (Å²) in [5, 5.41) is 12.7. The summed E-state index contributed by atoms with van der Waals surface area (Å²) in [4.78, 5) is 22.0. The molecule has 1 heterocycles. The van der Waals surface area contributed by atoms with Crippen LogP contribution in [-0.4, -0.2) is 40.2 Å². The normalized spacial score (nSPS) is 11.9. The molecule has 0 saturated heterocycles. The molecule has 158 valence electrons. The van der Waals surface area contributed by atoms with Gasteiger partial charge in [0.25, 0.3) is 0 Å². The Labute approximate surface area is 173 Å². The smallest absolute Gasteiger partial charge is 0.316 e. The first-order chi connectivity index (χ1) is 13.9. The number of aromatic nitrogens is 2. The number of carbonyl (C=O) groups is 1. The van der Waals surface area contributed by atoms with E-state index in [9.17, 15) is 9.90 Å². The van der Waals surface area contributed by atoms with E-state index in [0.29, 0.717) is 18.7 Å². The topological polar surface area (TPSA) is 87.6 Å². The number of nitrogens with zero attached hydrogens (tertiary/aromatic N) is 3. The van der Waals surface area contributed by atoms with Crippen LogP contribution in [0.2, 0.25) is 0 Å². The summed E-state index contributed by atoms with van der Waals surface area (Å²) in [7, 11) is 0. The Bertz CT molecular complexity index is 793. The molecule has 0 aliphatic rings. The van der Waals surface area contributed by atoms with E-state index in [4.69, 9.17) is 4.74 Å². The molecule has 29 heavy (non-hydrogen) atoms. The van der Waals surface area contributed by atoms with Crippen molar-refractivity contribution >= 4 is 23.0 Å². The molecule has 2 N–H and O–H groups in total. The quantitative estimate of drug-likeness (QED) is 0.559. The number of rotatable bonds is 11. The van der Waals surface area contributed by atoms with Crippen molar-refractivity contribution in [2.75, 3.05) is 23.4 Å². The third-order valence-corrected chi connectivity index (χ3v) is 4.86. The van der Waals surface area contributed by atoms with Crippen molar-refractivity contribution in [2.45, 2.75) is 59.4 Å². The summed E-state index contributed by atoms with van der Waals surface area (Å²) in [6.07, 6.45) is 4.26. The Hall–Kier alpha value is -2.83. The maximum Gasteiger partial charge on any atom is 0.316 e. The second kappa shape index (κ2) is 10.6. The zero-order valence-corrected chi connectivity index (χ0v) is 18.0. The van der Waals surface area contributed by atoms with Crippen LogP contribution in [0.3, 0.4) is 0 Å². The molecule has 0 saturated carbocycles. The van der Waals surface area contributed by atoms with Crippen LogP contribution in [0.25, 0.3) is 0 Å². The van der Waals surface area contributed by atoms with Gasteiger partial charge in [0.15, 0.2) is 0 Å². The van der Waals surface area contributed by atoms with E-state index in [-0.39, 0.29) is 12.3 Å². The van der Waals surface area contributed by atoms with Gasteiger partial charge < -0.3 is 20.1 Å². The van der Waals surface area contributed by atoms with Crippen molar-refractivity contribution in [3.63, 3.8) is 0 Å². The van der Waals surface area contributed by atoms with Crippen molar-refractivity contribution in [3.8, 4) is 6.01 Å². The zero-order chi connectivity index (χ0) is 21.4. The highest BCUT2D eigenvalue weighted by Crippen LogP contribution is 2.35. The van der Waals surface area contributed by atoms with Crippen molar-refractivity contribution in [3.05, 3.63) is 36.2 Å². The molecule has 0 aliphatic heterocycles. The van der Waals surface area contributed by atoms with Crippen LogP contribution in [0.1, 0.15) is 58.9 Å². The molecule has 1 aromatic heterocycles. The lowest BCUT2D eigenvalue weighted by molar-refractivity contribution is -0.137. The molecule has 1 atom stereocenters. The Morgan fingerprint density at radius 2 is 1.90 bits per heavy atom. The lowest BCUT2D eigenvalue weighted by atomic mass is 9.92. The molecule has 0 spiro atoms. The maximum absolute atomic E-state index is 11.3. The Balaban J connectivity index is 2.42. The first-order valence-corrected chi connectivity index (χ1v) is 10.2. The van der Waals surface area contributed by atoms with Crippen LogP contribution in [0, 0.1) is 0 Å². The molecule has 0 aliphatic carbocycles. The molecule has 0 bridgehead atoms. The molecule has 2 rings (SSSR count). The minimum absolute atomic E-state index is 0.0344. The second-order valence-electron chi connectivity index (χ2n) is 7.17. The van der Waals surface area contributed by atoms with E-state index < -0.39 is 5.97 Å². The summed E-state index contributed by atoms with van der Waals surface area (Å²) >= 11 is 0. The Morgan fingerprint density at radius 3 is 2.41 bits per heavy atom. The van der Waals surface area contributed by atoms with Gasteiger partial charge in [0.05, 0.1) is 42.5 Å². The van der Waals surface area contributed by atoms with Gasteiger partial charge >= 0.3 is 12.0 Å². The average molecular weight is 401 g/mol. The summed E-state index contributed by atoms with van der Waals surface area (Å²) in [6.45, 7) is 11.7. The van der Waals surface area contributed by atoms with Crippen LogP contribution in [0.5, 0.6) is 6.01 Å². The summed E-state index contributed by atoms with van der Waals surface area (Å²) in [6, 6.07) is 6.83. The Kier molecular flexibility index (Phi) is 8.24. The third-order valence-electron chi connectivity index (χ3n) is 4.86. The van der Waals surface area contributed by atoms with Crippen LogP contribution in [0.4, 0.5) is 17.1 Å². The van der Waals surface area contributed by atoms with Gasteiger partial charge in [-0.25, -0.2) is 9.97 Å². The van der Waals surface area contributed by atoms with Crippen molar-refractivity contribution in [1.29, 1.82) is 0 Å². The molecule has 1 aromatic carbocycles. The predicted molar refractivity (Wildman–Crippen MR) is 116 cm³/mol. The van der Waals surface area contributed by atoms with Gasteiger partial charge in [0.1, 0.15) is 0 Å². The highest BCUT2D eigenvalue weighted by molar-refractivity contribution is 5.76. The van der Waals surface area contributed by atoms with E-state index in [1.807, 2.05) is 26.0 Å². The lowest BCUT2D eigenvalue weighted by Gasteiger charge is -2.30. The van der Waals surface area contributed by atoms with Gasteiger partial charge in [-0.15, -0.1) is 0 Å². The fourth-order valence-electron chi connectivity index (χ4n) is 3.42. The molecule has 0 amide bonds. The summed E-state index contributed by atoms with van der Waals surface area (Å²) in [5.74, 6) is -0.819. The summed E-state index contributed by atoms with van der Waals surface area (Å²) < 4.78 is 5.31. The van der Waals surface area contributed by atoms with Gasteiger partial charge in [-0.05, 0) is 57.7 Å². The van der Waals surface area contributed by atoms with Gasteiger partial charge in [-0.2, -0.15) is 0 Å². The fraction of sp³-hybridized carbons (Fsp3) is 0.500. The number of carboxylic acid groups (broad SMARTS) is 1. The average Bonchev–Trinajstić information content (AvgIpc) is 2.69. The van der Waals surface area contributed by atoms with E-state index in [0.717, 1.165) is 35.6 Å². The van der Waals surface area contributed by atoms with Gasteiger partial charge in [0, 0.05) is 12.6 Å². The van der Waals surface area contributed by atoms with Gasteiger partial charge in [0.2, 0.25) is 0 Å². The molecule has 0 fully saturated rings. The number of aliphatic carboxylic acids is 1.